The van der Waals surface area contributed by atoms with Crippen LogP contribution in [0.5, 0.6) is 0 Å². The molecule has 0 atom stereocenters. The number of halogens is 1. The molecular weight excluding hydrogens is 306 g/mol. The molecule has 0 fully saturated rings. The summed E-state index contributed by atoms with van der Waals surface area (Å²) in [7, 11) is -3.83. The van der Waals surface area contributed by atoms with Crippen LogP contribution >= 0.6 is 15.9 Å². The molecule has 0 heterocycles. The maximum Gasteiger partial charge on any atom is 0.239 e. The van der Waals surface area contributed by atoms with Crippen LogP contribution in [-0.2, 0) is 10.0 Å². The van der Waals surface area contributed by atoms with Gasteiger partial charge in [0.15, 0.2) is 5.78 Å². The van der Waals surface area contributed by atoms with Crippen molar-refractivity contribution in [2.24, 2.45) is 10.6 Å². The van der Waals surface area contributed by atoms with E-state index in [4.69, 9.17) is 5.14 Å². The largest absolute Gasteiger partial charge is 0.294 e. The zero-order chi connectivity index (χ0) is 13.4. The predicted octanol–water partition coefficient (Wildman–Crippen LogP) is 2.33. The highest BCUT2D eigenvalue weighted by molar-refractivity contribution is 9.10. The number of hydrogen-bond acceptors (Lipinski definition) is 3. The van der Waals surface area contributed by atoms with Crippen molar-refractivity contribution in [1.82, 2.24) is 0 Å². The molecule has 6 heteroatoms. The number of ketones is 1. The van der Waals surface area contributed by atoms with Gasteiger partial charge in [0.25, 0.3) is 0 Å². The van der Waals surface area contributed by atoms with E-state index < -0.39 is 15.4 Å². The van der Waals surface area contributed by atoms with Gasteiger partial charge in [-0.2, -0.15) is 0 Å². The Bertz CT molecular complexity index is 559. The molecule has 94 valence electrons. The minimum atomic E-state index is -3.83. The highest BCUT2D eigenvalue weighted by Crippen LogP contribution is 2.26. The average molecular weight is 320 g/mol. The predicted molar refractivity (Wildman–Crippen MR) is 69.3 cm³/mol. The first-order chi connectivity index (χ1) is 7.53. The summed E-state index contributed by atoms with van der Waals surface area (Å²) in [4.78, 5) is 11.9. The van der Waals surface area contributed by atoms with Crippen molar-refractivity contribution in [2.75, 3.05) is 0 Å². The SMILES string of the molecule is CC(C)(C)C(=O)c1ccc(Br)c(S(N)(=O)=O)c1. The molecule has 1 rings (SSSR count). The van der Waals surface area contributed by atoms with Crippen LogP contribution in [-0.4, -0.2) is 14.2 Å². The van der Waals surface area contributed by atoms with Gasteiger partial charge in [-0.15, -0.1) is 0 Å². The summed E-state index contributed by atoms with van der Waals surface area (Å²) >= 11 is 3.10. The van der Waals surface area contributed by atoms with E-state index in [-0.39, 0.29) is 10.7 Å². The smallest absolute Gasteiger partial charge is 0.239 e. The fourth-order valence-electron chi connectivity index (χ4n) is 1.30. The Kier molecular flexibility index (Phi) is 3.81. The van der Waals surface area contributed by atoms with E-state index in [9.17, 15) is 13.2 Å². The second-order valence-corrected chi connectivity index (χ2v) is 7.15. The number of rotatable bonds is 2. The maximum atomic E-state index is 12.0. The monoisotopic (exact) mass is 319 g/mol. The number of carbonyl (C=O) groups is 1. The number of nitrogens with two attached hydrogens (primary N) is 1. The minimum Gasteiger partial charge on any atom is -0.294 e. The van der Waals surface area contributed by atoms with Crippen molar-refractivity contribution in [3.8, 4) is 0 Å². The lowest BCUT2D eigenvalue weighted by Crippen LogP contribution is -2.21. The molecule has 17 heavy (non-hydrogen) atoms. The van der Waals surface area contributed by atoms with E-state index >= 15 is 0 Å². The molecule has 0 saturated heterocycles. The first-order valence-electron chi connectivity index (χ1n) is 4.90. The number of sulfonamides is 1. The molecule has 1 aromatic rings. The molecule has 0 saturated carbocycles. The maximum absolute atomic E-state index is 12.0. The van der Waals surface area contributed by atoms with Crippen LogP contribution < -0.4 is 5.14 Å². The Hall–Kier alpha value is -0.720. The Morgan fingerprint density at radius 3 is 2.24 bits per heavy atom. The Balaban J connectivity index is 3.38. The lowest BCUT2D eigenvalue weighted by molar-refractivity contribution is 0.0858. The van der Waals surface area contributed by atoms with Crippen molar-refractivity contribution in [2.45, 2.75) is 25.7 Å². The van der Waals surface area contributed by atoms with E-state index in [2.05, 4.69) is 15.9 Å². The van der Waals surface area contributed by atoms with Crippen LogP contribution in [0.15, 0.2) is 27.6 Å². The summed E-state index contributed by atoms with van der Waals surface area (Å²) in [5.74, 6) is -0.130. The van der Waals surface area contributed by atoms with Crippen LogP contribution in [0, 0.1) is 5.41 Å². The molecule has 0 aliphatic carbocycles. The van der Waals surface area contributed by atoms with E-state index in [1.54, 1.807) is 26.8 Å². The number of carbonyl (C=O) groups excluding carboxylic acids is 1. The third-order valence-electron chi connectivity index (χ3n) is 2.18. The molecule has 0 aromatic heterocycles. The van der Waals surface area contributed by atoms with E-state index in [1.165, 1.54) is 12.1 Å². The van der Waals surface area contributed by atoms with E-state index in [1.807, 2.05) is 0 Å². The van der Waals surface area contributed by atoms with Gasteiger partial charge in [-0.3, -0.25) is 4.79 Å². The van der Waals surface area contributed by atoms with Crippen molar-refractivity contribution in [3.63, 3.8) is 0 Å². The number of hydrogen-bond donors (Lipinski definition) is 1. The van der Waals surface area contributed by atoms with Gasteiger partial charge in [-0.25, -0.2) is 13.6 Å². The molecule has 0 unspecified atom stereocenters. The third-order valence-corrected chi connectivity index (χ3v) is 4.09. The van der Waals surface area contributed by atoms with E-state index in [0.29, 0.717) is 10.0 Å². The second kappa shape index (κ2) is 4.51. The average Bonchev–Trinajstić information content (AvgIpc) is 2.14. The highest BCUT2D eigenvalue weighted by atomic mass is 79.9. The minimum absolute atomic E-state index is 0.0763. The number of Topliss-reactive ketones (excluding diaryl/α,β-unsaturated/α-hetero) is 1. The van der Waals surface area contributed by atoms with Gasteiger partial charge in [0.2, 0.25) is 10.0 Å². The number of benzene rings is 1. The summed E-state index contributed by atoms with van der Waals surface area (Å²) in [6.07, 6.45) is 0. The molecule has 1 aromatic carbocycles. The second-order valence-electron chi connectivity index (χ2n) is 4.77. The summed E-state index contributed by atoms with van der Waals surface area (Å²) in [6, 6.07) is 4.39. The van der Waals surface area contributed by atoms with Crippen LogP contribution in [0.1, 0.15) is 31.1 Å². The summed E-state index contributed by atoms with van der Waals surface area (Å²) < 4.78 is 23.0. The van der Waals surface area contributed by atoms with Gasteiger partial charge in [-0.05, 0) is 28.1 Å². The van der Waals surface area contributed by atoms with Gasteiger partial charge in [0.1, 0.15) is 0 Å². The van der Waals surface area contributed by atoms with Crippen molar-refractivity contribution < 1.29 is 13.2 Å². The first-order valence-corrected chi connectivity index (χ1v) is 7.24. The lowest BCUT2D eigenvalue weighted by Gasteiger charge is -2.17. The molecule has 2 N–H and O–H groups in total. The van der Waals surface area contributed by atoms with Crippen LogP contribution in [0.3, 0.4) is 0 Å². The molecule has 0 aliphatic rings. The molecule has 0 aliphatic heterocycles. The summed E-state index contributed by atoms with van der Waals surface area (Å²) in [5, 5.41) is 5.07. The standard InChI is InChI=1S/C11H14BrNO3S/c1-11(2,3)10(14)7-4-5-8(12)9(6-7)17(13,15)16/h4-6H,1-3H3,(H2,13,15,16). The van der Waals surface area contributed by atoms with Crippen LogP contribution in [0.4, 0.5) is 0 Å². The van der Waals surface area contributed by atoms with Gasteiger partial charge in [0, 0.05) is 15.5 Å². The molecular formula is C11H14BrNO3S. The topological polar surface area (TPSA) is 77.2 Å². The van der Waals surface area contributed by atoms with Crippen LogP contribution in [0.2, 0.25) is 0 Å². The van der Waals surface area contributed by atoms with Crippen molar-refractivity contribution in [3.05, 3.63) is 28.2 Å². The lowest BCUT2D eigenvalue weighted by atomic mass is 9.87. The van der Waals surface area contributed by atoms with Gasteiger partial charge < -0.3 is 0 Å². The van der Waals surface area contributed by atoms with Gasteiger partial charge >= 0.3 is 0 Å². The van der Waals surface area contributed by atoms with Gasteiger partial charge in [-0.1, -0.05) is 26.8 Å². The number of primary sulfonamides is 1. The summed E-state index contributed by atoms with van der Waals surface area (Å²) in [5.41, 5.74) is -0.228. The Morgan fingerprint density at radius 1 is 1.29 bits per heavy atom. The fourth-order valence-corrected chi connectivity index (χ4v) is 2.85. The molecule has 0 radical (unpaired) electrons. The zero-order valence-electron chi connectivity index (χ0n) is 9.82. The molecule has 0 spiro atoms. The van der Waals surface area contributed by atoms with Crippen LogP contribution in [0.25, 0.3) is 0 Å². The zero-order valence-corrected chi connectivity index (χ0v) is 12.2. The quantitative estimate of drug-likeness (QED) is 0.850. The molecule has 4 nitrogen and oxygen atoms in total. The third kappa shape index (κ3) is 3.37. The van der Waals surface area contributed by atoms with Crippen molar-refractivity contribution in [1.29, 1.82) is 0 Å². The highest BCUT2D eigenvalue weighted by Gasteiger charge is 2.24. The fraction of sp³-hybridized carbons (Fsp3) is 0.364. The van der Waals surface area contributed by atoms with Gasteiger partial charge in [0.05, 0.1) is 4.90 Å². The Labute approximate surface area is 109 Å². The first kappa shape index (κ1) is 14.3. The normalized spacial score (nSPS) is 12.5. The molecule has 0 bridgehead atoms. The Morgan fingerprint density at radius 2 is 1.82 bits per heavy atom. The molecule has 0 amide bonds. The van der Waals surface area contributed by atoms with Crippen molar-refractivity contribution >= 4 is 31.7 Å². The van der Waals surface area contributed by atoms with E-state index in [0.717, 1.165) is 0 Å². The summed E-state index contributed by atoms with van der Waals surface area (Å²) in [6.45, 7) is 5.32.